The monoisotopic (exact) mass is 362 g/mol. The van der Waals surface area contributed by atoms with Gasteiger partial charge in [0.05, 0.1) is 16.3 Å². The third-order valence-corrected chi connectivity index (χ3v) is 6.35. The molecule has 1 aliphatic rings. The van der Waals surface area contributed by atoms with Gasteiger partial charge in [-0.2, -0.15) is 4.31 Å². The minimum Gasteiger partial charge on any atom is -0.355 e. The number of nitrogens with one attached hydrogen (secondary N) is 1. The Labute approximate surface area is 147 Å². The molecule has 1 unspecified atom stereocenters. The molecule has 0 saturated carbocycles. The largest absolute Gasteiger partial charge is 0.355 e. The van der Waals surface area contributed by atoms with E-state index < -0.39 is 10.0 Å². The van der Waals surface area contributed by atoms with Crippen LogP contribution in [-0.2, 0) is 14.8 Å². The summed E-state index contributed by atoms with van der Waals surface area (Å²) < 4.78 is 27.7. The van der Waals surface area contributed by atoms with Crippen LogP contribution in [0.4, 0.5) is 0 Å². The molecule has 7 nitrogen and oxygen atoms in total. The molecule has 3 N–H and O–H groups in total. The second-order valence-corrected chi connectivity index (χ2v) is 8.01. The molecule has 0 radical (unpaired) electrons. The van der Waals surface area contributed by atoms with Crippen LogP contribution in [0.1, 0.15) is 12.8 Å². The van der Waals surface area contributed by atoms with Gasteiger partial charge in [-0.05, 0) is 37.1 Å². The summed E-state index contributed by atoms with van der Waals surface area (Å²) in [5, 5.41) is 3.34. The van der Waals surface area contributed by atoms with Crippen molar-refractivity contribution in [1.29, 1.82) is 0 Å². The molecule has 0 bridgehead atoms. The van der Waals surface area contributed by atoms with Crippen molar-refractivity contribution in [3.05, 3.63) is 36.5 Å². The van der Waals surface area contributed by atoms with Crippen LogP contribution in [0.15, 0.2) is 41.4 Å². The van der Waals surface area contributed by atoms with Gasteiger partial charge in [-0.3, -0.25) is 9.78 Å². The Balaban J connectivity index is 1.87. The highest BCUT2D eigenvalue weighted by Crippen LogP contribution is 2.28. The van der Waals surface area contributed by atoms with Crippen molar-refractivity contribution in [2.75, 3.05) is 26.2 Å². The molecular weight excluding hydrogens is 340 g/mol. The number of rotatable bonds is 5. The Morgan fingerprint density at radius 2 is 2.16 bits per heavy atom. The Morgan fingerprint density at radius 3 is 2.96 bits per heavy atom. The van der Waals surface area contributed by atoms with Crippen LogP contribution in [0.3, 0.4) is 0 Å². The first-order chi connectivity index (χ1) is 12.0. The number of aromatic nitrogens is 1. The molecule has 0 spiro atoms. The van der Waals surface area contributed by atoms with Gasteiger partial charge in [0.25, 0.3) is 0 Å². The molecule has 25 heavy (non-hydrogen) atoms. The maximum atomic E-state index is 13.1. The van der Waals surface area contributed by atoms with E-state index >= 15 is 0 Å². The SMILES string of the molecule is NCCNC(=O)C1CCCN(S(=O)(=O)c2cccc3ncccc23)C1. The predicted octanol–water partition coefficient (Wildman–Crippen LogP) is 0.710. The lowest BCUT2D eigenvalue weighted by Crippen LogP contribution is -2.46. The second kappa shape index (κ2) is 7.47. The quantitative estimate of drug-likeness (QED) is 0.815. The van der Waals surface area contributed by atoms with Crippen LogP contribution in [0, 0.1) is 5.92 Å². The second-order valence-electron chi connectivity index (χ2n) is 6.11. The number of fused-ring (bicyclic) bond motifs is 1. The molecule has 2 aromatic rings. The van der Waals surface area contributed by atoms with Gasteiger partial charge in [-0.25, -0.2) is 8.42 Å². The molecule has 1 fully saturated rings. The highest BCUT2D eigenvalue weighted by Gasteiger charge is 2.33. The molecule has 0 aliphatic carbocycles. The van der Waals surface area contributed by atoms with E-state index in [-0.39, 0.29) is 23.3 Å². The van der Waals surface area contributed by atoms with Gasteiger partial charge in [0, 0.05) is 37.8 Å². The Kier molecular flexibility index (Phi) is 5.31. The van der Waals surface area contributed by atoms with Crippen molar-refractivity contribution in [3.8, 4) is 0 Å². The summed E-state index contributed by atoms with van der Waals surface area (Å²) in [6.07, 6.45) is 2.97. The van der Waals surface area contributed by atoms with E-state index in [2.05, 4.69) is 10.3 Å². The molecule has 134 valence electrons. The van der Waals surface area contributed by atoms with Crippen molar-refractivity contribution >= 4 is 26.8 Å². The fraction of sp³-hybridized carbons (Fsp3) is 0.412. The highest BCUT2D eigenvalue weighted by molar-refractivity contribution is 7.89. The fourth-order valence-electron chi connectivity index (χ4n) is 3.15. The van der Waals surface area contributed by atoms with Gasteiger partial charge in [0.2, 0.25) is 15.9 Å². The minimum atomic E-state index is -3.69. The van der Waals surface area contributed by atoms with E-state index in [0.29, 0.717) is 43.4 Å². The average molecular weight is 362 g/mol. The van der Waals surface area contributed by atoms with Crippen molar-refractivity contribution in [3.63, 3.8) is 0 Å². The van der Waals surface area contributed by atoms with E-state index in [1.807, 2.05) is 0 Å². The summed E-state index contributed by atoms with van der Waals surface area (Å²) in [5.74, 6) is -0.479. The lowest BCUT2D eigenvalue weighted by atomic mass is 9.99. The zero-order valence-corrected chi connectivity index (χ0v) is 14.7. The average Bonchev–Trinajstić information content (AvgIpc) is 2.65. The topological polar surface area (TPSA) is 105 Å². The molecule has 1 aromatic heterocycles. The number of carbonyl (C=O) groups excluding carboxylic acids is 1. The van der Waals surface area contributed by atoms with Gasteiger partial charge in [-0.15, -0.1) is 0 Å². The maximum absolute atomic E-state index is 13.1. The molecule has 3 rings (SSSR count). The summed E-state index contributed by atoms with van der Waals surface area (Å²) in [5.41, 5.74) is 6.04. The van der Waals surface area contributed by atoms with Crippen molar-refractivity contribution in [1.82, 2.24) is 14.6 Å². The van der Waals surface area contributed by atoms with Crippen molar-refractivity contribution in [2.45, 2.75) is 17.7 Å². The van der Waals surface area contributed by atoms with E-state index in [0.717, 1.165) is 0 Å². The summed E-state index contributed by atoms with van der Waals surface area (Å²) in [7, 11) is -3.69. The third-order valence-electron chi connectivity index (χ3n) is 4.42. The number of hydrogen-bond donors (Lipinski definition) is 2. The minimum absolute atomic E-state index is 0.134. The Bertz CT molecular complexity index is 864. The van der Waals surface area contributed by atoms with Crippen LogP contribution in [0.5, 0.6) is 0 Å². The smallest absolute Gasteiger partial charge is 0.243 e. The number of sulfonamides is 1. The van der Waals surface area contributed by atoms with E-state index in [1.165, 1.54) is 4.31 Å². The molecule has 8 heteroatoms. The van der Waals surface area contributed by atoms with Gasteiger partial charge < -0.3 is 11.1 Å². The van der Waals surface area contributed by atoms with Gasteiger partial charge in [0.15, 0.2) is 0 Å². The van der Waals surface area contributed by atoms with E-state index in [1.54, 1.807) is 36.5 Å². The number of pyridine rings is 1. The predicted molar refractivity (Wildman–Crippen MR) is 95.3 cm³/mol. The van der Waals surface area contributed by atoms with Crippen LogP contribution in [-0.4, -0.2) is 49.8 Å². The van der Waals surface area contributed by atoms with E-state index in [9.17, 15) is 13.2 Å². The first-order valence-electron chi connectivity index (χ1n) is 8.35. The molecule has 1 amide bonds. The molecule has 1 aliphatic heterocycles. The number of nitrogens with zero attached hydrogens (tertiary/aromatic N) is 2. The zero-order valence-electron chi connectivity index (χ0n) is 13.9. The number of hydrogen-bond acceptors (Lipinski definition) is 5. The lowest BCUT2D eigenvalue weighted by Gasteiger charge is -2.31. The van der Waals surface area contributed by atoms with Gasteiger partial charge >= 0.3 is 0 Å². The summed E-state index contributed by atoms with van der Waals surface area (Å²) >= 11 is 0. The first-order valence-corrected chi connectivity index (χ1v) is 9.79. The number of nitrogens with two attached hydrogens (primary N) is 1. The first kappa shape index (κ1) is 17.8. The van der Waals surface area contributed by atoms with Crippen LogP contribution in [0.25, 0.3) is 10.9 Å². The summed E-state index contributed by atoms with van der Waals surface area (Å²) in [6.45, 7) is 1.37. The molecule has 1 atom stereocenters. The Hall–Kier alpha value is -2.03. The molecular formula is C17H22N4O3S. The normalized spacial score (nSPS) is 19.0. The molecule has 1 aromatic carbocycles. The van der Waals surface area contributed by atoms with Crippen LogP contribution in [0.2, 0.25) is 0 Å². The Morgan fingerprint density at radius 1 is 1.32 bits per heavy atom. The van der Waals surface area contributed by atoms with Crippen molar-refractivity contribution < 1.29 is 13.2 Å². The number of amides is 1. The van der Waals surface area contributed by atoms with Crippen LogP contribution >= 0.6 is 0 Å². The van der Waals surface area contributed by atoms with Crippen molar-refractivity contribution in [2.24, 2.45) is 11.7 Å². The third kappa shape index (κ3) is 3.65. The number of piperidine rings is 1. The number of carbonyl (C=O) groups is 1. The zero-order chi connectivity index (χ0) is 17.9. The molecule has 2 heterocycles. The standard InChI is InChI=1S/C17H22N4O3S/c18-8-10-20-17(22)13-4-3-11-21(12-13)25(23,24)16-7-1-6-15-14(16)5-2-9-19-15/h1-2,5-7,9,13H,3-4,8,10-12,18H2,(H,20,22). The summed E-state index contributed by atoms with van der Waals surface area (Å²) in [6, 6.07) is 8.55. The summed E-state index contributed by atoms with van der Waals surface area (Å²) in [4.78, 5) is 16.6. The maximum Gasteiger partial charge on any atom is 0.243 e. The number of benzene rings is 1. The molecule has 1 saturated heterocycles. The highest BCUT2D eigenvalue weighted by atomic mass is 32.2. The van der Waals surface area contributed by atoms with Crippen LogP contribution < -0.4 is 11.1 Å². The van der Waals surface area contributed by atoms with E-state index in [4.69, 9.17) is 5.73 Å². The fourth-order valence-corrected chi connectivity index (χ4v) is 4.88. The van der Waals surface area contributed by atoms with Gasteiger partial charge in [-0.1, -0.05) is 6.07 Å². The van der Waals surface area contributed by atoms with Gasteiger partial charge in [0.1, 0.15) is 0 Å². The lowest BCUT2D eigenvalue weighted by molar-refractivity contribution is -0.126.